The molecule has 1 nitrogen and oxygen atoms in total. The lowest BCUT2D eigenvalue weighted by molar-refractivity contribution is 0.243. The summed E-state index contributed by atoms with van der Waals surface area (Å²) in [5.41, 5.74) is 2.50. The fraction of sp³-hybridized carbons (Fsp3) is 0.625. The Balaban J connectivity index is 1.93. The molecule has 2 aliphatic rings. The van der Waals surface area contributed by atoms with Gasteiger partial charge in [0.15, 0.2) is 0 Å². The average molecular weight is 298 g/mol. The third kappa shape index (κ3) is 2.73. The first-order chi connectivity index (χ1) is 9.29. The van der Waals surface area contributed by atoms with Crippen molar-refractivity contribution in [1.82, 2.24) is 0 Å². The number of rotatable bonds is 2. The molecule has 1 heterocycles. The van der Waals surface area contributed by atoms with Crippen molar-refractivity contribution in [3.63, 3.8) is 0 Å². The van der Waals surface area contributed by atoms with Crippen LogP contribution in [-0.4, -0.2) is 12.6 Å². The second-order valence-electron chi connectivity index (χ2n) is 5.85. The summed E-state index contributed by atoms with van der Waals surface area (Å²) in [5, 5.41) is 0.821. The quantitative estimate of drug-likeness (QED) is 0.675. The second-order valence-corrected chi connectivity index (χ2v) is 6.56. The predicted molar refractivity (Wildman–Crippen MR) is 83.3 cm³/mol. The molecule has 1 aliphatic carbocycles. The van der Waals surface area contributed by atoms with Crippen LogP contribution in [0, 0.1) is 5.92 Å². The topological polar surface area (TPSA) is 3.24 Å². The van der Waals surface area contributed by atoms with E-state index in [1.54, 1.807) is 0 Å². The van der Waals surface area contributed by atoms with Gasteiger partial charge in [-0.15, -0.1) is 11.6 Å². The molecule has 0 radical (unpaired) electrons. The van der Waals surface area contributed by atoms with Crippen LogP contribution < -0.4 is 4.90 Å². The van der Waals surface area contributed by atoms with E-state index in [1.807, 2.05) is 6.07 Å². The molecule has 1 saturated carbocycles. The van der Waals surface area contributed by atoms with Crippen LogP contribution in [0.2, 0.25) is 5.02 Å². The van der Waals surface area contributed by atoms with Crippen LogP contribution in [0.1, 0.15) is 44.1 Å². The van der Waals surface area contributed by atoms with Crippen LogP contribution in [0.15, 0.2) is 18.2 Å². The first-order valence-corrected chi connectivity index (χ1v) is 8.32. The summed E-state index contributed by atoms with van der Waals surface area (Å²) in [6.45, 7) is 1.16. The molecular weight excluding hydrogens is 277 g/mol. The van der Waals surface area contributed by atoms with E-state index < -0.39 is 0 Å². The average Bonchev–Trinajstić information content (AvgIpc) is 2.46. The number of halogens is 2. The van der Waals surface area contributed by atoms with Crippen LogP contribution in [0.4, 0.5) is 5.69 Å². The van der Waals surface area contributed by atoms with Crippen LogP contribution in [0.5, 0.6) is 0 Å². The third-order valence-corrected chi connectivity index (χ3v) is 5.27. The normalized spacial score (nSPS) is 27.2. The van der Waals surface area contributed by atoms with Gasteiger partial charge in [0.25, 0.3) is 0 Å². The van der Waals surface area contributed by atoms with E-state index in [0.29, 0.717) is 11.9 Å². The first kappa shape index (κ1) is 13.6. The Morgan fingerprint density at radius 3 is 2.74 bits per heavy atom. The maximum absolute atomic E-state index is 6.20. The highest BCUT2D eigenvalue weighted by Crippen LogP contribution is 2.39. The fourth-order valence-electron chi connectivity index (χ4n) is 3.84. The lowest BCUT2D eigenvalue weighted by Crippen LogP contribution is -2.47. The zero-order valence-corrected chi connectivity index (χ0v) is 12.8. The molecule has 0 spiro atoms. The molecule has 2 fully saturated rings. The maximum Gasteiger partial charge on any atom is 0.0494 e. The number of hydrogen-bond donors (Lipinski definition) is 0. The summed E-state index contributed by atoms with van der Waals surface area (Å²) in [6, 6.07) is 6.85. The zero-order valence-electron chi connectivity index (χ0n) is 11.2. The SMILES string of the molecule is ClCc1ccc(Cl)cc1N1CCC[C@H]2CCCC[C@H]21. The van der Waals surface area contributed by atoms with E-state index in [0.717, 1.165) is 17.5 Å². The number of nitrogens with zero attached hydrogens (tertiary/aromatic N) is 1. The van der Waals surface area contributed by atoms with E-state index >= 15 is 0 Å². The highest BCUT2D eigenvalue weighted by atomic mass is 35.5. The minimum Gasteiger partial charge on any atom is -0.368 e. The van der Waals surface area contributed by atoms with Crippen molar-refractivity contribution in [2.45, 2.75) is 50.4 Å². The highest BCUT2D eigenvalue weighted by Gasteiger charge is 2.33. The molecule has 1 aliphatic heterocycles. The Bertz CT molecular complexity index is 444. The molecule has 1 saturated heterocycles. The lowest BCUT2D eigenvalue weighted by Gasteiger charge is -2.46. The highest BCUT2D eigenvalue weighted by molar-refractivity contribution is 6.31. The van der Waals surface area contributed by atoms with Gasteiger partial charge in [-0.2, -0.15) is 0 Å². The van der Waals surface area contributed by atoms with Crippen LogP contribution >= 0.6 is 23.2 Å². The van der Waals surface area contributed by atoms with Gasteiger partial charge in [-0.3, -0.25) is 0 Å². The molecular formula is C16H21Cl2N. The van der Waals surface area contributed by atoms with Gasteiger partial charge < -0.3 is 4.90 Å². The monoisotopic (exact) mass is 297 g/mol. The second kappa shape index (κ2) is 5.93. The largest absolute Gasteiger partial charge is 0.368 e. The fourth-order valence-corrected chi connectivity index (χ4v) is 4.23. The maximum atomic E-state index is 6.20. The smallest absolute Gasteiger partial charge is 0.0494 e. The van der Waals surface area contributed by atoms with E-state index in [4.69, 9.17) is 23.2 Å². The number of alkyl halides is 1. The Kier molecular flexibility index (Phi) is 4.24. The van der Waals surface area contributed by atoms with Crippen molar-refractivity contribution in [3.05, 3.63) is 28.8 Å². The van der Waals surface area contributed by atoms with Crippen molar-refractivity contribution in [2.24, 2.45) is 5.92 Å². The van der Waals surface area contributed by atoms with Gasteiger partial charge in [0.1, 0.15) is 0 Å². The molecule has 1 aromatic rings. The molecule has 2 atom stereocenters. The van der Waals surface area contributed by atoms with Crippen LogP contribution in [0.25, 0.3) is 0 Å². The number of benzene rings is 1. The molecule has 3 heteroatoms. The van der Waals surface area contributed by atoms with Gasteiger partial charge in [0.2, 0.25) is 0 Å². The summed E-state index contributed by atoms with van der Waals surface area (Å²) in [5.74, 6) is 1.45. The van der Waals surface area contributed by atoms with Crippen molar-refractivity contribution in [2.75, 3.05) is 11.4 Å². The predicted octanol–water partition coefficient (Wildman–Crippen LogP) is 5.24. The van der Waals surface area contributed by atoms with E-state index in [-0.39, 0.29) is 0 Å². The van der Waals surface area contributed by atoms with Gasteiger partial charge in [-0.25, -0.2) is 0 Å². The van der Waals surface area contributed by atoms with Gasteiger partial charge in [0, 0.05) is 29.2 Å². The number of piperidine rings is 1. The molecule has 19 heavy (non-hydrogen) atoms. The molecule has 3 rings (SSSR count). The molecule has 0 aromatic heterocycles. The van der Waals surface area contributed by atoms with Crippen LogP contribution in [0.3, 0.4) is 0 Å². The van der Waals surface area contributed by atoms with Crippen molar-refractivity contribution >= 4 is 28.9 Å². The van der Waals surface area contributed by atoms with Crippen LogP contribution in [-0.2, 0) is 5.88 Å². The van der Waals surface area contributed by atoms with Crippen molar-refractivity contribution in [1.29, 1.82) is 0 Å². The van der Waals surface area contributed by atoms with E-state index in [2.05, 4.69) is 17.0 Å². The van der Waals surface area contributed by atoms with Gasteiger partial charge >= 0.3 is 0 Å². The van der Waals surface area contributed by atoms with Crippen molar-refractivity contribution in [3.8, 4) is 0 Å². The lowest BCUT2D eigenvalue weighted by atomic mass is 9.78. The standard InChI is InChI=1S/C16H21Cl2N/c17-11-13-7-8-14(18)10-16(13)19-9-3-5-12-4-1-2-6-15(12)19/h7-8,10,12,15H,1-6,9,11H2/t12-,15-/m1/s1. The zero-order chi connectivity index (χ0) is 13.2. The van der Waals surface area contributed by atoms with Gasteiger partial charge in [-0.05, 0) is 49.3 Å². The molecule has 0 amide bonds. The summed E-state index contributed by atoms with van der Waals surface area (Å²) >= 11 is 12.3. The Morgan fingerprint density at radius 1 is 1.11 bits per heavy atom. The molecule has 0 bridgehead atoms. The molecule has 1 aromatic carbocycles. The number of fused-ring (bicyclic) bond motifs is 1. The summed E-state index contributed by atoms with van der Waals surface area (Å²) in [4.78, 5) is 2.59. The number of anilines is 1. The Labute approximate surface area is 125 Å². The summed E-state index contributed by atoms with van der Waals surface area (Å²) in [7, 11) is 0. The minimum absolute atomic E-state index is 0.570. The number of hydrogen-bond acceptors (Lipinski definition) is 1. The van der Waals surface area contributed by atoms with E-state index in [9.17, 15) is 0 Å². The Hall–Kier alpha value is -0.400. The molecule has 0 N–H and O–H groups in total. The first-order valence-electron chi connectivity index (χ1n) is 7.40. The van der Waals surface area contributed by atoms with Gasteiger partial charge in [0.05, 0.1) is 0 Å². The third-order valence-electron chi connectivity index (χ3n) is 4.74. The Morgan fingerprint density at radius 2 is 1.89 bits per heavy atom. The summed E-state index contributed by atoms with van der Waals surface area (Å²) in [6.07, 6.45) is 8.21. The minimum atomic E-state index is 0.570. The molecule has 0 unspecified atom stereocenters. The van der Waals surface area contributed by atoms with Crippen molar-refractivity contribution < 1.29 is 0 Å². The summed E-state index contributed by atoms with van der Waals surface area (Å²) < 4.78 is 0. The molecule has 104 valence electrons. The van der Waals surface area contributed by atoms with E-state index in [1.165, 1.54) is 49.8 Å². The van der Waals surface area contributed by atoms with Gasteiger partial charge in [-0.1, -0.05) is 30.5 Å².